The van der Waals surface area contributed by atoms with Crippen molar-refractivity contribution in [2.45, 2.75) is 32.4 Å². The number of ether oxygens (including phenoxy) is 1. The highest BCUT2D eigenvalue weighted by Crippen LogP contribution is 2.23. The summed E-state index contributed by atoms with van der Waals surface area (Å²) in [6.45, 7) is 9.87. The third kappa shape index (κ3) is 5.30. The van der Waals surface area contributed by atoms with Crippen molar-refractivity contribution in [3.05, 3.63) is 22.4 Å². The molecule has 118 valence electrons. The quantitative estimate of drug-likeness (QED) is 0.896. The largest absolute Gasteiger partial charge is 0.379 e. The Labute approximate surface area is 130 Å². The van der Waals surface area contributed by atoms with E-state index in [0.29, 0.717) is 6.54 Å². The molecule has 1 aromatic heterocycles. The van der Waals surface area contributed by atoms with Crippen LogP contribution in [-0.2, 0) is 4.74 Å². The van der Waals surface area contributed by atoms with E-state index >= 15 is 0 Å². The van der Waals surface area contributed by atoms with Gasteiger partial charge in [0.25, 0.3) is 0 Å². The molecule has 2 amide bonds. The van der Waals surface area contributed by atoms with Crippen LogP contribution in [0, 0.1) is 0 Å². The lowest BCUT2D eigenvalue weighted by atomic mass is 10.1. The van der Waals surface area contributed by atoms with Gasteiger partial charge < -0.3 is 15.4 Å². The second kappa shape index (κ2) is 7.24. The van der Waals surface area contributed by atoms with Gasteiger partial charge in [0, 0.05) is 25.2 Å². The summed E-state index contributed by atoms with van der Waals surface area (Å²) in [5.41, 5.74) is 1.04. The van der Waals surface area contributed by atoms with Crippen LogP contribution in [0.25, 0.3) is 0 Å². The van der Waals surface area contributed by atoms with Crippen LogP contribution in [0.2, 0.25) is 0 Å². The predicted molar refractivity (Wildman–Crippen MR) is 85.7 cm³/mol. The number of hydrogen-bond donors (Lipinski definition) is 2. The summed E-state index contributed by atoms with van der Waals surface area (Å²) in [4.78, 5) is 14.3. The average Bonchev–Trinajstić information content (AvgIpc) is 2.92. The third-order valence-electron chi connectivity index (χ3n) is 3.36. The van der Waals surface area contributed by atoms with Crippen molar-refractivity contribution < 1.29 is 9.53 Å². The number of carbonyl (C=O) groups excluding carboxylic acids is 1. The molecule has 1 aliphatic rings. The second-order valence-corrected chi connectivity index (χ2v) is 7.09. The molecule has 6 heteroatoms. The summed E-state index contributed by atoms with van der Waals surface area (Å²) in [6, 6.07) is 2.23. The van der Waals surface area contributed by atoms with Crippen molar-refractivity contribution in [3.8, 4) is 0 Å². The zero-order chi connectivity index (χ0) is 15.3. The van der Waals surface area contributed by atoms with Gasteiger partial charge in [0.15, 0.2) is 0 Å². The van der Waals surface area contributed by atoms with Crippen molar-refractivity contribution in [1.29, 1.82) is 0 Å². The number of carbonyl (C=O) groups is 1. The Morgan fingerprint density at radius 2 is 2.14 bits per heavy atom. The molecule has 1 unspecified atom stereocenters. The predicted octanol–water partition coefficient (Wildman–Crippen LogP) is 2.22. The van der Waals surface area contributed by atoms with Gasteiger partial charge in [-0.25, -0.2) is 4.79 Å². The van der Waals surface area contributed by atoms with E-state index in [0.717, 1.165) is 26.3 Å². The minimum atomic E-state index is -0.221. The molecule has 2 rings (SSSR count). The van der Waals surface area contributed by atoms with Crippen molar-refractivity contribution in [2.24, 2.45) is 0 Å². The molecular weight excluding hydrogens is 286 g/mol. The number of urea groups is 1. The maximum atomic E-state index is 12.0. The highest BCUT2D eigenvalue weighted by molar-refractivity contribution is 7.07. The number of nitrogens with zero attached hydrogens (tertiary/aromatic N) is 1. The van der Waals surface area contributed by atoms with E-state index in [1.54, 1.807) is 11.3 Å². The molecular formula is C15H25N3O2S. The maximum Gasteiger partial charge on any atom is 0.315 e. The Hall–Kier alpha value is -1.11. The molecule has 0 bridgehead atoms. The first kappa shape index (κ1) is 16.3. The summed E-state index contributed by atoms with van der Waals surface area (Å²) in [5.74, 6) is 0. The molecule has 5 nitrogen and oxygen atoms in total. The maximum absolute atomic E-state index is 12.0. The highest BCUT2D eigenvalue weighted by Gasteiger charge is 2.24. The Morgan fingerprint density at radius 3 is 2.71 bits per heavy atom. The Balaban J connectivity index is 1.95. The lowest BCUT2D eigenvalue weighted by Crippen LogP contribution is -2.49. The normalized spacial score (nSPS) is 18.2. The van der Waals surface area contributed by atoms with Gasteiger partial charge in [-0.05, 0) is 43.2 Å². The molecule has 0 aromatic carbocycles. The van der Waals surface area contributed by atoms with E-state index in [1.165, 1.54) is 5.56 Å². The number of nitrogens with one attached hydrogen (secondary N) is 2. The van der Waals surface area contributed by atoms with Crippen LogP contribution in [0.3, 0.4) is 0 Å². The Kier molecular flexibility index (Phi) is 5.61. The molecule has 2 N–H and O–H groups in total. The van der Waals surface area contributed by atoms with Gasteiger partial charge in [0.1, 0.15) is 0 Å². The number of hydrogen-bond acceptors (Lipinski definition) is 4. The van der Waals surface area contributed by atoms with Crippen molar-refractivity contribution in [3.63, 3.8) is 0 Å². The molecule has 1 aromatic rings. The first-order chi connectivity index (χ1) is 9.96. The first-order valence-corrected chi connectivity index (χ1v) is 8.30. The van der Waals surface area contributed by atoms with Gasteiger partial charge in [-0.15, -0.1) is 0 Å². The van der Waals surface area contributed by atoms with Crippen LogP contribution < -0.4 is 10.6 Å². The van der Waals surface area contributed by atoms with Crippen LogP contribution in [0.15, 0.2) is 16.8 Å². The van der Waals surface area contributed by atoms with E-state index in [-0.39, 0.29) is 17.6 Å². The molecule has 21 heavy (non-hydrogen) atoms. The standard InChI is InChI=1S/C15H25N3O2S/c1-15(2,3)17-14(19)16-10-13(12-4-9-21-11-12)18-5-7-20-8-6-18/h4,9,11,13H,5-8,10H2,1-3H3,(H2,16,17,19). The van der Waals surface area contributed by atoms with E-state index in [1.807, 2.05) is 20.8 Å². The monoisotopic (exact) mass is 311 g/mol. The second-order valence-electron chi connectivity index (χ2n) is 6.31. The molecule has 1 aliphatic heterocycles. The SMILES string of the molecule is CC(C)(C)NC(=O)NCC(c1ccsc1)N1CCOCC1. The third-order valence-corrected chi connectivity index (χ3v) is 4.06. The fraction of sp³-hybridized carbons (Fsp3) is 0.667. The number of thiophene rings is 1. The van der Waals surface area contributed by atoms with E-state index in [2.05, 4.69) is 32.4 Å². The molecule has 2 heterocycles. The lowest BCUT2D eigenvalue weighted by Gasteiger charge is -2.34. The zero-order valence-electron chi connectivity index (χ0n) is 13.0. The van der Waals surface area contributed by atoms with Gasteiger partial charge in [-0.3, -0.25) is 4.90 Å². The molecule has 0 radical (unpaired) electrons. The average molecular weight is 311 g/mol. The summed E-state index contributed by atoms with van der Waals surface area (Å²) < 4.78 is 5.42. The fourth-order valence-electron chi connectivity index (χ4n) is 2.39. The van der Waals surface area contributed by atoms with Crippen molar-refractivity contribution >= 4 is 17.4 Å². The molecule has 0 aliphatic carbocycles. The van der Waals surface area contributed by atoms with Gasteiger partial charge in [0.2, 0.25) is 0 Å². The van der Waals surface area contributed by atoms with Gasteiger partial charge in [0.05, 0.1) is 19.3 Å². The zero-order valence-corrected chi connectivity index (χ0v) is 13.8. The molecule has 0 saturated carbocycles. The molecule has 1 atom stereocenters. The van der Waals surface area contributed by atoms with Gasteiger partial charge in [-0.1, -0.05) is 0 Å². The Bertz CT molecular complexity index is 436. The van der Waals surface area contributed by atoms with Crippen molar-refractivity contribution in [1.82, 2.24) is 15.5 Å². The Morgan fingerprint density at radius 1 is 1.43 bits per heavy atom. The summed E-state index contributed by atoms with van der Waals surface area (Å²) in [7, 11) is 0. The van der Waals surface area contributed by atoms with Gasteiger partial charge >= 0.3 is 6.03 Å². The van der Waals surface area contributed by atoms with Crippen LogP contribution in [-0.4, -0.2) is 49.3 Å². The minimum Gasteiger partial charge on any atom is -0.379 e. The summed E-state index contributed by atoms with van der Waals surface area (Å²) in [5, 5.41) is 10.2. The summed E-state index contributed by atoms with van der Waals surface area (Å²) in [6.07, 6.45) is 0. The minimum absolute atomic E-state index is 0.115. The topological polar surface area (TPSA) is 53.6 Å². The van der Waals surface area contributed by atoms with Crippen LogP contribution in [0.4, 0.5) is 4.79 Å². The van der Waals surface area contributed by atoms with Crippen molar-refractivity contribution in [2.75, 3.05) is 32.8 Å². The van der Waals surface area contributed by atoms with E-state index < -0.39 is 0 Å². The first-order valence-electron chi connectivity index (χ1n) is 7.35. The smallest absolute Gasteiger partial charge is 0.315 e. The van der Waals surface area contributed by atoms with Crippen LogP contribution in [0.1, 0.15) is 32.4 Å². The van der Waals surface area contributed by atoms with Crippen LogP contribution in [0.5, 0.6) is 0 Å². The van der Waals surface area contributed by atoms with Crippen LogP contribution >= 0.6 is 11.3 Å². The summed E-state index contributed by atoms with van der Waals surface area (Å²) >= 11 is 1.69. The fourth-order valence-corrected chi connectivity index (χ4v) is 3.09. The number of amides is 2. The highest BCUT2D eigenvalue weighted by atomic mass is 32.1. The van der Waals surface area contributed by atoms with Gasteiger partial charge in [-0.2, -0.15) is 11.3 Å². The number of rotatable bonds is 4. The lowest BCUT2D eigenvalue weighted by molar-refractivity contribution is 0.0167. The van der Waals surface area contributed by atoms with E-state index in [9.17, 15) is 4.79 Å². The molecule has 1 saturated heterocycles. The molecule has 1 fully saturated rings. The molecule has 0 spiro atoms. The number of morpholine rings is 1. The van der Waals surface area contributed by atoms with E-state index in [4.69, 9.17) is 4.74 Å².